The van der Waals surface area contributed by atoms with Crippen LogP contribution in [0.4, 0.5) is 0 Å². The molecule has 2 aliphatic heterocycles. The number of hydrogen-bond acceptors (Lipinski definition) is 5. The van der Waals surface area contributed by atoms with Gasteiger partial charge < -0.3 is 15.5 Å². The molecule has 2 aliphatic rings. The molecule has 1 atom stereocenters. The second-order valence-corrected chi connectivity index (χ2v) is 9.89. The second-order valence-electron chi connectivity index (χ2n) is 8.89. The van der Waals surface area contributed by atoms with Crippen molar-refractivity contribution in [3.8, 4) is 0 Å². The molecule has 0 bridgehead atoms. The maximum atomic E-state index is 12.6. The molecule has 0 aromatic rings. The van der Waals surface area contributed by atoms with E-state index in [0.717, 1.165) is 32.4 Å². The molecule has 0 radical (unpaired) electrons. The van der Waals surface area contributed by atoms with Crippen molar-refractivity contribution in [2.45, 2.75) is 65.0 Å². The van der Waals surface area contributed by atoms with Gasteiger partial charge >= 0.3 is 0 Å². The van der Waals surface area contributed by atoms with Gasteiger partial charge in [-0.05, 0) is 59.0 Å². The van der Waals surface area contributed by atoms with E-state index in [0.29, 0.717) is 37.1 Å². The van der Waals surface area contributed by atoms with Gasteiger partial charge in [-0.2, -0.15) is 0 Å². The normalized spacial score (nSPS) is 21.6. The molecule has 28 heavy (non-hydrogen) atoms. The quantitative estimate of drug-likeness (QED) is 0.661. The van der Waals surface area contributed by atoms with Crippen LogP contribution in [-0.2, 0) is 14.4 Å². The van der Waals surface area contributed by atoms with Crippen LogP contribution in [0.3, 0.4) is 0 Å². The summed E-state index contributed by atoms with van der Waals surface area (Å²) in [6.45, 7) is 10.8. The maximum Gasteiger partial charge on any atom is 0.243 e. The monoisotopic (exact) mass is 412 g/mol. The minimum atomic E-state index is -0.328. The molecule has 0 saturated carbocycles. The molecular weight excluding hydrogens is 376 g/mol. The van der Waals surface area contributed by atoms with Crippen LogP contribution >= 0.6 is 11.8 Å². The number of nitrogens with zero attached hydrogens (tertiary/aromatic N) is 2. The molecule has 2 rings (SSSR count). The lowest BCUT2D eigenvalue weighted by Gasteiger charge is -2.32. The zero-order valence-electron chi connectivity index (χ0n) is 17.8. The first-order chi connectivity index (χ1) is 13.2. The predicted octanol–water partition coefficient (Wildman–Crippen LogP) is 1.43. The van der Waals surface area contributed by atoms with Crippen LogP contribution in [0.1, 0.15) is 53.4 Å². The van der Waals surface area contributed by atoms with E-state index >= 15 is 0 Å². The van der Waals surface area contributed by atoms with Gasteiger partial charge in [0.15, 0.2) is 0 Å². The summed E-state index contributed by atoms with van der Waals surface area (Å²) in [6.07, 6.45) is 3.26. The van der Waals surface area contributed by atoms with E-state index in [4.69, 9.17) is 0 Å². The van der Waals surface area contributed by atoms with Crippen molar-refractivity contribution in [1.29, 1.82) is 0 Å². The lowest BCUT2D eigenvalue weighted by atomic mass is 9.96. The summed E-state index contributed by atoms with van der Waals surface area (Å²) in [6, 6.07) is -0.328. The van der Waals surface area contributed by atoms with Crippen molar-refractivity contribution in [2.24, 2.45) is 5.92 Å². The van der Waals surface area contributed by atoms with Gasteiger partial charge in [0.1, 0.15) is 6.04 Å². The van der Waals surface area contributed by atoms with Crippen molar-refractivity contribution in [2.75, 3.05) is 37.8 Å². The Kier molecular flexibility index (Phi) is 8.61. The van der Waals surface area contributed by atoms with Gasteiger partial charge in [0.25, 0.3) is 0 Å². The second kappa shape index (κ2) is 10.5. The number of nitrogens with one attached hydrogen (secondary N) is 2. The molecule has 2 heterocycles. The van der Waals surface area contributed by atoms with E-state index in [2.05, 4.69) is 15.5 Å². The predicted molar refractivity (Wildman–Crippen MR) is 113 cm³/mol. The number of amides is 3. The van der Waals surface area contributed by atoms with E-state index in [9.17, 15) is 14.4 Å². The Morgan fingerprint density at radius 3 is 2.43 bits per heavy atom. The van der Waals surface area contributed by atoms with Crippen molar-refractivity contribution < 1.29 is 14.4 Å². The van der Waals surface area contributed by atoms with Gasteiger partial charge in [0, 0.05) is 24.3 Å². The minimum Gasteiger partial charge on any atom is -0.354 e. The molecule has 0 aromatic heterocycles. The SMILES string of the molecule is CCCC(=O)N1CSC[C@H]1C(=O)NCC1CCN(CC(=O)NC(C)(C)C)CC1. The number of rotatable bonds is 7. The average Bonchev–Trinajstić information content (AvgIpc) is 3.09. The summed E-state index contributed by atoms with van der Waals surface area (Å²) in [4.78, 5) is 40.7. The summed E-state index contributed by atoms with van der Waals surface area (Å²) in [5.41, 5.74) is -0.204. The molecule has 2 saturated heterocycles. The molecule has 160 valence electrons. The van der Waals surface area contributed by atoms with Crippen LogP contribution < -0.4 is 10.6 Å². The first-order valence-electron chi connectivity index (χ1n) is 10.4. The third kappa shape index (κ3) is 7.28. The molecule has 0 spiro atoms. The van der Waals surface area contributed by atoms with E-state index in [1.165, 1.54) is 0 Å². The zero-order valence-corrected chi connectivity index (χ0v) is 18.6. The molecule has 7 nitrogen and oxygen atoms in total. The van der Waals surface area contributed by atoms with E-state index in [-0.39, 0.29) is 29.3 Å². The number of carbonyl (C=O) groups is 3. The lowest BCUT2D eigenvalue weighted by molar-refractivity contribution is -0.138. The average molecular weight is 413 g/mol. The van der Waals surface area contributed by atoms with Gasteiger partial charge in [0.2, 0.25) is 17.7 Å². The van der Waals surface area contributed by atoms with Crippen molar-refractivity contribution in [1.82, 2.24) is 20.4 Å². The Labute approximate surface area is 173 Å². The smallest absolute Gasteiger partial charge is 0.243 e. The van der Waals surface area contributed by atoms with E-state index in [1.54, 1.807) is 16.7 Å². The summed E-state index contributed by atoms with van der Waals surface area (Å²) in [5, 5.41) is 6.06. The Bertz CT molecular complexity index is 556. The Morgan fingerprint density at radius 2 is 1.82 bits per heavy atom. The van der Waals surface area contributed by atoms with Crippen LogP contribution in [-0.4, -0.2) is 76.9 Å². The fourth-order valence-electron chi connectivity index (χ4n) is 3.64. The molecular formula is C20H36N4O3S. The molecule has 2 N–H and O–H groups in total. The van der Waals surface area contributed by atoms with E-state index in [1.807, 2.05) is 27.7 Å². The number of carbonyl (C=O) groups excluding carboxylic acids is 3. The third-order valence-corrected chi connectivity index (χ3v) is 6.14. The maximum absolute atomic E-state index is 12.6. The molecule has 3 amide bonds. The summed E-state index contributed by atoms with van der Waals surface area (Å²) in [5.74, 6) is 1.85. The standard InChI is InChI=1S/C20H36N4O3S/c1-5-6-18(26)24-14-28-13-16(24)19(27)21-11-15-7-9-23(10-8-15)12-17(25)22-20(2,3)4/h15-16H,5-14H2,1-4H3,(H,21,27)(H,22,25)/t16-/m0/s1. The van der Waals surface area contributed by atoms with Gasteiger partial charge in [-0.25, -0.2) is 0 Å². The Hall–Kier alpha value is -1.28. The number of thioether (sulfide) groups is 1. The minimum absolute atomic E-state index is 0.0264. The van der Waals surface area contributed by atoms with Gasteiger partial charge in [-0.1, -0.05) is 6.92 Å². The first kappa shape index (κ1) is 23.0. The summed E-state index contributed by atoms with van der Waals surface area (Å²) in [7, 11) is 0. The molecule has 0 aromatic carbocycles. The summed E-state index contributed by atoms with van der Waals surface area (Å²) >= 11 is 1.64. The molecule has 2 fully saturated rings. The molecule has 8 heteroatoms. The van der Waals surface area contributed by atoms with Gasteiger partial charge in [0.05, 0.1) is 12.4 Å². The Morgan fingerprint density at radius 1 is 1.14 bits per heavy atom. The van der Waals surface area contributed by atoms with Crippen LogP contribution in [0.5, 0.6) is 0 Å². The largest absolute Gasteiger partial charge is 0.354 e. The highest BCUT2D eigenvalue weighted by atomic mass is 32.2. The molecule has 0 aliphatic carbocycles. The molecule has 0 unspecified atom stereocenters. The van der Waals surface area contributed by atoms with E-state index < -0.39 is 0 Å². The highest BCUT2D eigenvalue weighted by Gasteiger charge is 2.34. The van der Waals surface area contributed by atoms with Crippen molar-refractivity contribution in [3.63, 3.8) is 0 Å². The van der Waals surface area contributed by atoms with Crippen molar-refractivity contribution in [3.05, 3.63) is 0 Å². The van der Waals surface area contributed by atoms with Crippen LogP contribution in [0.25, 0.3) is 0 Å². The zero-order chi connectivity index (χ0) is 20.7. The van der Waals surface area contributed by atoms with Gasteiger partial charge in [-0.15, -0.1) is 11.8 Å². The van der Waals surface area contributed by atoms with Crippen LogP contribution in [0.15, 0.2) is 0 Å². The highest BCUT2D eigenvalue weighted by Crippen LogP contribution is 2.23. The lowest BCUT2D eigenvalue weighted by Crippen LogP contribution is -2.50. The van der Waals surface area contributed by atoms with Crippen LogP contribution in [0.2, 0.25) is 0 Å². The number of likely N-dealkylation sites (tertiary alicyclic amines) is 1. The number of piperidine rings is 1. The number of hydrogen-bond donors (Lipinski definition) is 2. The first-order valence-corrected chi connectivity index (χ1v) is 11.5. The fraction of sp³-hybridized carbons (Fsp3) is 0.850. The van der Waals surface area contributed by atoms with Crippen molar-refractivity contribution >= 4 is 29.5 Å². The highest BCUT2D eigenvalue weighted by molar-refractivity contribution is 7.99. The topological polar surface area (TPSA) is 81.8 Å². The Balaban J connectivity index is 1.70. The summed E-state index contributed by atoms with van der Waals surface area (Å²) < 4.78 is 0. The fourth-order valence-corrected chi connectivity index (χ4v) is 4.82. The van der Waals surface area contributed by atoms with Crippen LogP contribution in [0, 0.1) is 5.92 Å². The third-order valence-electron chi connectivity index (χ3n) is 5.12. The van der Waals surface area contributed by atoms with Gasteiger partial charge in [-0.3, -0.25) is 19.3 Å².